The highest BCUT2D eigenvalue weighted by atomic mass is 16.1. The second-order valence-electron chi connectivity index (χ2n) is 5.65. The molecule has 0 spiro atoms. The van der Waals surface area contributed by atoms with Crippen LogP contribution < -0.4 is 10.6 Å². The highest BCUT2D eigenvalue weighted by molar-refractivity contribution is 5.77. The average molecular weight is 271 g/mol. The van der Waals surface area contributed by atoms with Gasteiger partial charge in [0.1, 0.15) is 0 Å². The van der Waals surface area contributed by atoms with E-state index in [9.17, 15) is 4.79 Å². The first-order chi connectivity index (χ1) is 8.99. The van der Waals surface area contributed by atoms with Crippen LogP contribution in [0.2, 0.25) is 0 Å². The van der Waals surface area contributed by atoms with E-state index in [2.05, 4.69) is 50.2 Å². The van der Waals surface area contributed by atoms with Crippen LogP contribution in [0, 0.1) is 5.92 Å². The van der Waals surface area contributed by atoms with Crippen molar-refractivity contribution in [1.82, 2.24) is 15.5 Å². The zero-order valence-corrected chi connectivity index (χ0v) is 13.5. The molecule has 1 atom stereocenters. The smallest absolute Gasteiger partial charge is 0.233 e. The van der Waals surface area contributed by atoms with Crippen molar-refractivity contribution in [3.8, 4) is 0 Å². The van der Waals surface area contributed by atoms with Crippen LogP contribution >= 0.6 is 0 Å². The van der Waals surface area contributed by atoms with Crippen molar-refractivity contribution in [2.75, 3.05) is 32.7 Å². The monoisotopic (exact) mass is 271 g/mol. The van der Waals surface area contributed by atoms with Crippen LogP contribution in [0.1, 0.15) is 47.5 Å². The predicted molar refractivity (Wildman–Crippen MR) is 82.3 cm³/mol. The number of rotatable bonds is 11. The van der Waals surface area contributed by atoms with Gasteiger partial charge in [0.25, 0.3) is 0 Å². The summed E-state index contributed by atoms with van der Waals surface area (Å²) in [7, 11) is 0. The molecule has 4 heteroatoms. The van der Waals surface area contributed by atoms with Gasteiger partial charge in [-0.2, -0.15) is 0 Å². The van der Waals surface area contributed by atoms with Gasteiger partial charge in [0.2, 0.25) is 5.91 Å². The Kier molecular flexibility index (Phi) is 10.9. The fraction of sp³-hybridized carbons (Fsp3) is 0.933. The number of carbonyl (C=O) groups excluding carboxylic acids is 1. The number of nitrogens with zero attached hydrogens (tertiary/aromatic N) is 1. The molecule has 1 unspecified atom stereocenters. The topological polar surface area (TPSA) is 44.4 Å². The summed E-state index contributed by atoms with van der Waals surface area (Å²) in [6, 6.07) is 0.403. The van der Waals surface area contributed by atoms with E-state index in [-0.39, 0.29) is 5.91 Å². The third-order valence-electron chi connectivity index (χ3n) is 3.32. The van der Waals surface area contributed by atoms with Crippen LogP contribution in [0.5, 0.6) is 0 Å². The molecule has 0 aromatic carbocycles. The van der Waals surface area contributed by atoms with Gasteiger partial charge in [-0.25, -0.2) is 0 Å². The Bertz CT molecular complexity index is 227. The first-order valence-corrected chi connectivity index (χ1v) is 7.71. The van der Waals surface area contributed by atoms with Crippen molar-refractivity contribution in [3.05, 3.63) is 0 Å². The van der Waals surface area contributed by atoms with E-state index in [1.807, 2.05) is 0 Å². The van der Waals surface area contributed by atoms with Crippen LogP contribution in [0.3, 0.4) is 0 Å². The summed E-state index contributed by atoms with van der Waals surface area (Å²) < 4.78 is 0. The average Bonchev–Trinajstić information content (AvgIpc) is 2.39. The quantitative estimate of drug-likeness (QED) is 0.603. The summed E-state index contributed by atoms with van der Waals surface area (Å²) in [4.78, 5) is 14.0. The SMILES string of the molecule is CCN(CC)CCCC(C)NCC(=O)NCC(C)C. The van der Waals surface area contributed by atoms with E-state index in [4.69, 9.17) is 0 Å². The van der Waals surface area contributed by atoms with Gasteiger partial charge in [-0.1, -0.05) is 27.7 Å². The molecular weight excluding hydrogens is 238 g/mol. The van der Waals surface area contributed by atoms with Crippen molar-refractivity contribution in [1.29, 1.82) is 0 Å². The molecule has 2 N–H and O–H groups in total. The molecular formula is C15H33N3O. The molecule has 0 aromatic rings. The fourth-order valence-electron chi connectivity index (χ4n) is 1.91. The molecule has 0 saturated carbocycles. The molecule has 0 aromatic heterocycles. The van der Waals surface area contributed by atoms with Crippen LogP contribution in [-0.4, -0.2) is 49.6 Å². The Hall–Kier alpha value is -0.610. The molecule has 0 heterocycles. The molecule has 114 valence electrons. The van der Waals surface area contributed by atoms with Crippen molar-refractivity contribution < 1.29 is 4.79 Å². The summed E-state index contributed by atoms with van der Waals surface area (Å²) in [5, 5.41) is 6.21. The zero-order chi connectivity index (χ0) is 14.7. The maximum Gasteiger partial charge on any atom is 0.233 e. The van der Waals surface area contributed by atoms with Gasteiger partial charge in [-0.05, 0) is 45.3 Å². The minimum Gasteiger partial charge on any atom is -0.355 e. The lowest BCUT2D eigenvalue weighted by atomic mass is 10.1. The molecule has 19 heavy (non-hydrogen) atoms. The van der Waals surface area contributed by atoms with Gasteiger partial charge in [0.15, 0.2) is 0 Å². The van der Waals surface area contributed by atoms with Crippen molar-refractivity contribution in [3.63, 3.8) is 0 Å². The second-order valence-corrected chi connectivity index (χ2v) is 5.65. The third-order valence-corrected chi connectivity index (χ3v) is 3.32. The normalized spacial score (nSPS) is 13.0. The van der Waals surface area contributed by atoms with Gasteiger partial charge in [-0.3, -0.25) is 4.79 Å². The third kappa shape index (κ3) is 11.0. The van der Waals surface area contributed by atoms with Gasteiger partial charge < -0.3 is 15.5 Å². The van der Waals surface area contributed by atoms with Crippen molar-refractivity contribution >= 4 is 5.91 Å². The summed E-state index contributed by atoms with van der Waals surface area (Å²) in [6.07, 6.45) is 2.30. The van der Waals surface area contributed by atoms with Crippen molar-refractivity contribution in [2.45, 2.75) is 53.5 Å². The molecule has 4 nitrogen and oxygen atoms in total. The lowest BCUT2D eigenvalue weighted by Gasteiger charge is -2.19. The second kappa shape index (κ2) is 11.2. The van der Waals surface area contributed by atoms with Crippen LogP contribution in [-0.2, 0) is 4.79 Å². The van der Waals surface area contributed by atoms with Gasteiger partial charge in [0.05, 0.1) is 6.54 Å². The number of carbonyl (C=O) groups is 1. The summed E-state index contributed by atoms with van der Waals surface area (Å²) in [5.41, 5.74) is 0. The highest BCUT2D eigenvalue weighted by Gasteiger charge is 2.06. The highest BCUT2D eigenvalue weighted by Crippen LogP contribution is 1.99. The lowest BCUT2D eigenvalue weighted by molar-refractivity contribution is -0.120. The fourth-order valence-corrected chi connectivity index (χ4v) is 1.91. The molecule has 0 aliphatic heterocycles. The van der Waals surface area contributed by atoms with E-state index in [0.29, 0.717) is 18.5 Å². The molecule has 0 radical (unpaired) electrons. The number of nitrogens with one attached hydrogen (secondary N) is 2. The summed E-state index contributed by atoms with van der Waals surface area (Å²) in [6.45, 7) is 15.3. The standard InChI is InChI=1S/C15H33N3O/c1-6-18(7-2)10-8-9-14(5)16-12-15(19)17-11-13(3)4/h13-14,16H,6-12H2,1-5H3,(H,17,19). The van der Waals surface area contributed by atoms with E-state index >= 15 is 0 Å². The molecule has 1 amide bonds. The molecule has 0 bridgehead atoms. The first-order valence-electron chi connectivity index (χ1n) is 7.71. The Labute approximate surface area is 119 Å². The summed E-state index contributed by atoms with van der Waals surface area (Å²) in [5.74, 6) is 0.611. The van der Waals surface area contributed by atoms with Crippen LogP contribution in [0.15, 0.2) is 0 Å². The number of amides is 1. The van der Waals surface area contributed by atoms with E-state index in [0.717, 1.165) is 32.6 Å². The molecule has 0 rings (SSSR count). The maximum atomic E-state index is 11.5. The minimum atomic E-state index is 0.101. The molecule has 0 aliphatic carbocycles. The zero-order valence-electron chi connectivity index (χ0n) is 13.5. The Balaban J connectivity index is 3.58. The maximum absolute atomic E-state index is 11.5. The molecule has 0 saturated heterocycles. The lowest BCUT2D eigenvalue weighted by Crippen LogP contribution is -2.39. The van der Waals surface area contributed by atoms with E-state index in [1.165, 1.54) is 6.42 Å². The predicted octanol–water partition coefficient (Wildman–Crippen LogP) is 1.86. The van der Waals surface area contributed by atoms with Crippen LogP contribution in [0.25, 0.3) is 0 Å². The summed E-state index contributed by atoms with van der Waals surface area (Å²) >= 11 is 0. The van der Waals surface area contributed by atoms with E-state index < -0.39 is 0 Å². The van der Waals surface area contributed by atoms with Crippen molar-refractivity contribution in [2.24, 2.45) is 5.92 Å². The largest absolute Gasteiger partial charge is 0.355 e. The molecule has 0 fully saturated rings. The van der Waals surface area contributed by atoms with Gasteiger partial charge in [-0.15, -0.1) is 0 Å². The Morgan fingerprint density at radius 2 is 1.79 bits per heavy atom. The number of hydrogen-bond acceptors (Lipinski definition) is 3. The van der Waals surface area contributed by atoms with Crippen LogP contribution in [0.4, 0.5) is 0 Å². The minimum absolute atomic E-state index is 0.101. The Morgan fingerprint density at radius 3 is 2.32 bits per heavy atom. The van der Waals surface area contributed by atoms with E-state index in [1.54, 1.807) is 0 Å². The van der Waals surface area contributed by atoms with Gasteiger partial charge in [0, 0.05) is 12.6 Å². The Morgan fingerprint density at radius 1 is 1.16 bits per heavy atom. The number of hydrogen-bond donors (Lipinski definition) is 2. The first kappa shape index (κ1) is 18.4. The molecule has 0 aliphatic rings. The van der Waals surface area contributed by atoms with Gasteiger partial charge >= 0.3 is 0 Å².